The van der Waals surface area contributed by atoms with Gasteiger partial charge in [-0.3, -0.25) is 0 Å². The number of hydrogen-bond donors (Lipinski definition) is 0. The molecule has 3 heteroatoms. The van der Waals surface area contributed by atoms with Crippen LogP contribution in [0.25, 0.3) is 67.3 Å². The predicted molar refractivity (Wildman–Crippen MR) is 227 cm³/mol. The first kappa shape index (κ1) is 32.1. The Morgan fingerprint density at radius 2 is 0.821 bits per heavy atom. The minimum atomic E-state index is -0.507. The zero-order valence-electron chi connectivity index (χ0n) is 30.4. The van der Waals surface area contributed by atoms with E-state index in [1.165, 1.54) is 27.8 Å². The lowest BCUT2D eigenvalue weighted by Gasteiger charge is -2.40. The molecule has 0 unspecified atom stereocenters. The predicted octanol–water partition coefficient (Wildman–Crippen LogP) is 13.3. The topological polar surface area (TPSA) is 35.0 Å². The number of hydrogen-bond acceptors (Lipinski definition) is 3. The van der Waals surface area contributed by atoms with Gasteiger partial charge in [-0.05, 0) is 57.1 Å². The Balaban J connectivity index is 1.04. The van der Waals surface area contributed by atoms with Crippen LogP contribution in [0.4, 0.5) is 0 Å². The van der Waals surface area contributed by atoms with E-state index in [-0.39, 0.29) is 0 Å². The number of aromatic nitrogens is 2. The summed E-state index contributed by atoms with van der Waals surface area (Å²) in [5.74, 6) is 2.44. The number of rotatable bonds is 5. The summed E-state index contributed by atoms with van der Waals surface area (Å²) in [6.07, 6.45) is 0. The highest BCUT2D eigenvalue weighted by Crippen LogP contribution is 2.63. The second kappa shape index (κ2) is 12.9. The fourth-order valence-corrected chi connectivity index (χ4v) is 8.87. The summed E-state index contributed by atoms with van der Waals surface area (Å²) in [5, 5.41) is 0. The van der Waals surface area contributed by atoms with Crippen LogP contribution in [0, 0.1) is 0 Å². The molecule has 0 N–H and O–H groups in total. The summed E-state index contributed by atoms with van der Waals surface area (Å²) in [6.45, 7) is 0. The molecule has 1 aliphatic heterocycles. The molecule has 3 nitrogen and oxygen atoms in total. The van der Waals surface area contributed by atoms with E-state index in [4.69, 9.17) is 14.7 Å². The lowest BCUT2D eigenvalue weighted by atomic mass is 9.65. The van der Waals surface area contributed by atoms with Gasteiger partial charge in [0.05, 0.1) is 16.8 Å². The molecule has 8 aromatic carbocycles. The highest BCUT2D eigenvalue weighted by molar-refractivity contribution is 5.90. The first-order valence-corrected chi connectivity index (χ1v) is 19.1. The molecule has 11 rings (SSSR count). The minimum absolute atomic E-state index is 0.507. The van der Waals surface area contributed by atoms with Gasteiger partial charge < -0.3 is 4.74 Å². The fourth-order valence-electron chi connectivity index (χ4n) is 8.87. The zero-order chi connectivity index (χ0) is 37.1. The summed E-state index contributed by atoms with van der Waals surface area (Å²) in [5.41, 5.74) is 16.1. The van der Waals surface area contributed by atoms with Crippen molar-refractivity contribution >= 4 is 0 Å². The van der Waals surface area contributed by atoms with Crippen LogP contribution in [0.15, 0.2) is 206 Å². The molecule has 0 bridgehead atoms. The van der Waals surface area contributed by atoms with E-state index in [1.807, 2.05) is 12.1 Å². The molecular formula is C53H34N2O. The fraction of sp³-hybridized carbons (Fsp3) is 0.0189. The third-order valence-electron chi connectivity index (χ3n) is 11.4. The van der Waals surface area contributed by atoms with E-state index >= 15 is 0 Å². The maximum absolute atomic E-state index is 6.94. The third-order valence-corrected chi connectivity index (χ3v) is 11.4. The summed E-state index contributed by atoms with van der Waals surface area (Å²) in [7, 11) is 0. The second-order valence-electron chi connectivity index (χ2n) is 14.5. The number of para-hydroxylation sites is 2. The van der Waals surface area contributed by atoms with E-state index in [2.05, 4.69) is 194 Å². The molecule has 0 radical (unpaired) electrons. The molecule has 1 spiro atoms. The van der Waals surface area contributed by atoms with Crippen molar-refractivity contribution in [3.63, 3.8) is 0 Å². The number of nitrogens with zero attached hydrogens (tertiary/aromatic N) is 2. The molecule has 1 aliphatic carbocycles. The number of fused-ring (bicyclic) bond motifs is 9. The van der Waals surface area contributed by atoms with Gasteiger partial charge in [-0.15, -0.1) is 0 Å². The second-order valence-corrected chi connectivity index (χ2v) is 14.5. The van der Waals surface area contributed by atoms with Gasteiger partial charge in [0, 0.05) is 33.4 Å². The van der Waals surface area contributed by atoms with Crippen molar-refractivity contribution in [3.05, 3.63) is 229 Å². The Morgan fingerprint density at radius 1 is 0.321 bits per heavy atom. The van der Waals surface area contributed by atoms with E-state index in [9.17, 15) is 0 Å². The van der Waals surface area contributed by atoms with Crippen LogP contribution in [0.2, 0.25) is 0 Å². The maximum atomic E-state index is 6.94. The van der Waals surface area contributed by atoms with Crippen LogP contribution >= 0.6 is 0 Å². The molecule has 0 atom stereocenters. The van der Waals surface area contributed by atoms with Gasteiger partial charge in [-0.2, -0.15) is 0 Å². The van der Waals surface area contributed by atoms with Gasteiger partial charge in [0.15, 0.2) is 5.82 Å². The monoisotopic (exact) mass is 714 g/mol. The molecule has 0 amide bonds. The van der Waals surface area contributed by atoms with E-state index in [0.717, 1.165) is 67.4 Å². The van der Waals surface area contributed by atoms with Crippen molar-refractivity contribution in [1.29, 1.82) is 0 Å². The molecular weight excluding hydrogens is 681 g/mol. The first-order valence-electron chi connectivity index (χ1n) is 19.1. The lowest BCUT2D eigenvalue weighted by molar-refractivity contribution is 0.438. The summed E-state index contributed by atoms with van der Waals surface area (Å²) in [4.78, 5) is 10.3. The average Bonchev–Trinajstić information content (AvgIpc) is 3.57. The molecule has 9 aromatic rings. The Bertz CT molecular complexity index is 2890. The van der Waals surface area contributed by atoms with Crippen molar-refractivity contribution in [2.75, 3.05) is 0 Å². The van der Waals surface area contributed by atoms with Gasteiger partial charge in [0.2, 0.25) is 0 Å². The largest absolute Gasteiger partial charge is 0.456 e. The zero-order valence-corrected chi connectivity index (χ0v) is 30.4. The van der Waals surface area contributed by atoms with Gasteiger partial charge in [-0.25, -0.2) is 9.97 Å². The molecule has 0 saturated carbocycles. The van der Waals surface area contributed by atoms with Crippen LogP contribution in [0.3, 0.4) is 0 Å². The van der Waals surface area contributed by atoms with Gasteiger partial charge in [0.1, 0.15) is 11.5 Å². The minimum Gasteiger partial charge on any atom is -0.456 e. The maximum Gasteiger partial charge on any atom is 0.160 e. The summed E-state index contributed by atoms with van der Waals surface area (Å²) in [6, 6.07) is 72.9. The molecule has 2 heterocycles. The molecule has 0 fully saturated rings. The Labute approximate surface area is 326 Å². The van der Waals surface area contributed by atoms with Crippen molar-refractivity contribution in [2.24, 2.45) is 0 Å². The van der Waals surface area contributed by atoms with Crippen molar-refractivity contribution in [3.8, 4) is 78.8 Å². The highest BCUT2D eigenvalue weighted by Gasteiger charge is 2.51. The number of ether oxygens (including phenoxy) is 1. The lowest BCUT2D eigenvalue weighted by Crippen LogP contribution is -2.32. The van der Waals surface area contributed by atoms with E-state index in [0.29, 0.717) is 5.82 Å². The van der Waals surface area contributed by atoms with Gasteiger partial charge >= 0.3 is 0 Å². The first-order chi connectivity index (χ1) is 27.8. The third kappa shape index (κ3) is 4.98. The smallest absolute Gasteiger partial charge is 0.160 e. The Morgan fingerprint density at radius 3 is 1.54 bits per heavy atom. The molecule has 262 valence electrons. The molecule has 1 aromatic heterocycles. The quantitative estimate of drug-likeness (QED) is 0.178. The number of benzene rings is 8. The van der Waals surface area contributed by atoms with Crippen LogP contribution < -0.4 is 4.74 Å². The van der Waals surface area contributed by atoms with E-state index < -0.39 is 5.41 Å². The van der Waals surface area contributed by atoms with Crippen molar-refractivity contribution < 1.29 is 4.74 Å². The summed E-state index contributed by atoms with van der Waals surface area (Å²) >= 11 is 0. The van der Waals surface area contributed by atoms with Crippen LogP contribution in [-0.4, -0.2) is 9.97 Å². The average molecular weight is 715 g/mol. The van der Waals surface area contributed by atoms with Crippen LogP contribution in [0.5, 0.6) is 11.5 Å². The Hall–Kier alpha value is -7.36. The van der Waals surface area contributed by atoms with Crippen molar-refractivity contribution in [2.45, 2.75) is 5.41 Å². The molecule has 56 heavy (non-hydrogen) atoms. The SMILES string of the molecule is c1ccc(-c2cccc(-c3cc(-c4ccccc4)nc(-c4ccc(-c5cccc6c5Oc5ccccc5C65c6ccccc6-c6ccccc65)cc4)n3)c2)cc1. The van der Waals surface area contributed by atoms with E-state index in [1.54, 1.807) is 0 Å². The highest BCUT2D eigenvalue weighted by atomic mass is 16.5. The van der Waals surface area contributed by atoms with Crippen LogP contribution in [-0.2, 0) is 5.41 Å². The van der Waals surface area contributed by atoms with Gasteiger partial charge in [-0.1, -0.05) is 188 Å². The van der Waals surface area contributed by atoms with Gasteiger partial charge in [0.25, 0.3) is 0 Å². The standard InChI is InChI=1S/C53H34N2O/c1-3-15-35(16-4-1)39-19-13-20-40(33-39)49-34-48(37-17-5-2-6-18-37)54-52(55-49)38-31-29-36(30-32-38)41-23-14-27-47-51(41)56-50-28-12-11-26-46(50)53(47)44-24-9-7-21-42(44)43-22-8-10-25-45(43)53/h1-34H. The van der Waals surface area contributed by atoms with Crippen molar-refractivity contribution in [1.82, 2.24) is 9.97 Å². The van der Waals surface area contributed by atoms with Crippen LogP contribution in [0.1, 0.15) is 22.3 Å². The summed E-state index contributed by atoms with van der Waals surface area (Å²) < 4.78 is 6.94. The normalized spacial score (nSPS) is 12.9. The molecule has 2 aliphatic rings. The molecule has 0 saturated heterocycles. The Kier molecular flexibility index (Phi) is 7.39.